The Morgan fingerprint density at radius 1 is 1.29 bits per heavy atom. The lowest BCUT2D eigenvalue weighted by Crippen LogP contribution is -2.39. The van der Waals surface area contributed by atoms with Crippen LogP contribution < -0.4 is 9.47 Å². The standard InChI is InChI=1S/C13H14F3NO4/c14-13(15,16)7-17(3-4-18)6-10(19)9-1-2-11-12(5-9)21-8-20-11/h1-2,5,18H,3-4,6-8H2. The molecule has 1 aromatic carbocycles. The lowest BCUT2D eigenvalue weighted by molar-refractivity contribution is -0.145. The minimum atomic E-state index is -4.43. The predicted octanol–water partition coefficient (Wildman–Crippen LogP) is 1.45. The summed E-state index contributed by atoms with van der Waals surface area (Å²) in [5.41, 5.74) is 0.240. The summed E-state index contributed by atoms with van der Waals surface area (Å²) in [6.45, 7) is -2.30. The van der Waals surface area contributed by atoms with Gasteiger partial charge in [0.05, 0.1) is 19.7 Å². The van der Waals surface area contributed by atoms with Crippen molar-refractivity contribution in [3.8, 4) is 11.5 Å². The van der Waals surface area contributed by atoms with Crippen molar-refractivity contribution in [2.75, 3.05) is 33.0 Å². The first-order chi connectivity index (χ1) is 9.89. The van der Waals surface area contributed by atoms with Crippen LogP contribution >= 0.6 is 0 Å². The first-order valence-corrected chi connectivity index (χ1v) is 6.22. The van der Waals surface area contributed by atoms with Crippen LogP contribution in [0.3, 0.4) is 0 Å². The number of aliphatic hydroxyl groups excluding tert-OH is 1. The Hall–Kier alpha value is -1.80. The van der Waals surface area contributed by atoms with E-state index in [2.05, 4.69) is 0 Å². The van der Waals surface area contributed by atoms with Gasteiger partial charge in [0.15, 0.2) is 17.3 Å². The van der Waals surface area contributed by atoms with Crippen molar-refractivity contribution in [3.63, 3.8) is 0 Å². The molecule has 0 fully saturated rings. The number of halogens is 3. The number of hydrogen-bond donors (Lipinski definition) is 1. The van der Waals surface area contributed by atoms with Gasteiger partial charge in [-0.3, -0.25) is 9.69 Å². The van der Waals surface area contributed by atoms with Gasteiger partial charge in [-0.15, -0.1) is 0 Å². The van der Waals surface area contributed by atoms with E-state index < -0.39 is 31.7 Å². The summed E-state index contributed by atoms with van der Waals surface area (Å²) in [4.78, 5) is 12.9. The molecular weight excluding hydrogens is 291 g/mol. The summed E-state index contributed by atoms with van der Waals surface area (Å²) in [6.07, 6.45) is -4.43. The normalized spacial score (nSPS) is 13.8. The van der Waals surface area contributed by atoms with E-state index in [1.54, 1.807) is 0 Å². The molecule has 116 valence electrons. The van der Waals surface area contributed by atoms with Crippen LogP contribution in [-0.2, 0) is 0 Å². The van der Waals surface area contributed by atoms with Crippen LogP contribution in [0.15, 0.2) is 18.2 Å². The minimum Gasteiger partial charge on any atom is -0.454 e. The van der Waals surface area contributed by atoms with E-state index in [0.29, 0.717) is 11.5 Å². The Morgan fingerprint density at radius 2 is 2.00 bits per heavy atom. The molecular formula is C13H14F3NO4. The highest BCUT2D eigenvalue weighted by atomic mass is 19.4. The predicted molar refractivity (Wildman–Crippen MR) is 66.5 cm³/mol. The average Bonchev–Trinajstić information content (AvgIpc) is 2.83. The summed E-state index contributed by atoms with van der Waals surface area (Å²) in [7, 11) is 0. The number of fused-ring (bicyclic) bond motifs is 1. The Balaban J connectivity index is 2.04. The number of nitrogens with zero attached hydrogens (tertiary/aromatic N) is 1. The van der Waals surface area contributed by atoms with Gasteiger partial charge in [-0.2, -0.15) is 13.2 Å². The van der Waals surface area contributed by atoms with Gasteiger partial charge in [-0.25, -0.2) is 0 Å². The summed E-state index contributed by atoms with van der Waals surface area (Å²) in [5.74, 6) is 0.408. The molecule has 0 radical (unpaired) electrons. The SMILES string of the molecule is O=C(CN(CCO)CC(F)(F)F)c1ccc2c(c1)OCO2. The van der Waals surface area contributed by atoms with Crippen LogP contribution in [0.5, 0.6) is 11.5 Å². The fraction of sp³-hybridized carbons (Fsp3) is 0.462. The molecule has 0 spiro atoms. The number of ketones is 1. The number of hydrogen-bond acceptors (Lipinski definition) is 5. The molecule has 1 aliphatic rings. The van der Waals surface area contributed by atoms with Crippen LogP contribution in [0.1, 0.15) is 10.4 Å². The molecule has 1 aromatic rings. The lowest BCUT2D eigenvalue weighted by atomic mass is 10.1. The Bertz CT molecular complexity index is 519. The Labute approximate surface area is 118 Å². The monoisotopic (exact) mass is 305 g/mol. The zero-order valence-corrected chi connectivity index (χ0v) is 11.0. The first-order valence-electron chi connectivity index (χ1n) is 6.22. The van der Waals surface area contributed by atoms with E-state index in [0.717, 1.165) is 4.90 Å². The van der Waals surface area contributed by atoms with Gasteiger partial charge in [0.2, 0.25) is 6.79 Å². The van der Waals surface area contributed by atoms with Crippen LogP contribution in [0.25, 0.3) is 0 Å². The van der Waals surface area contributed by atoms with E-state index in [-0.39, 0.29) is 18.9 Å². The van der Waals surface area contributed by atoms with Gasteiger partial charge >= 0.3 is 6.18 Å². The molecule has 0 atom stereocenters. The molecule has 1 aliphatic heterocycles. The van der Waals surface area contributed by atoms with E-state index in [4.69, 9.17) is 14.6 Å². The second kappa shape index (κ2) is 6.31. The number of carbonyl (C=O) groups excluding carboxylic acids is 1. The number of ether oxygens (including phenoxy) is 2. The van der Waals surface area contributed by atoms with Gasteiger partial charge in [0, 0.05) is 12.1 Å². The first kappa shape index (κ1) is 15.6. The maximum Gasteiger partial charge on any atom is 0.401 e. The van der Waals surface area contributed by atoms with Crippen molar-refractivity contribution in [1.82, 2.24) is 4.90 Å². The minimum absolute atomic E-state index is 0.0533. The van der Waals surface area contributed by atoms with E-state index in [1.165, 1.54) is 18.2 Å². The quantitative estimate of drug-likeness (QED) is 0.806. The zero-order valence-electron chi connectivity index (χ0n) is 11.0. The molecule has 2 rings (SSSR count). The summed E-state index contributed by atoms with van der Waals surface area (Å²) >= 11 is 0. The fourth-order valence-corrected chi connectivity index (χ4v) is 1.97. The van der Waals surface area contributed by atoms with E-state index >= 15 is 0 Å². The highest BCUT2D eigenvalue weighted by Crippen LogP contribution is 2.32. The zero-order chi connectivity index (χ0) is 15.5. The van der Waals surface area contributed by atoms with Crippen molar-refractivity contribution in [2.45, 2.75) is 6.18 Å². The van der Waals surface area contributed by atoms with Gasteiger partial charge in [-0.05, 0) is 18.2 Å². The van der Waals surface area contributed by atoms with Gasteiger partial charge in [0.25, 0.3) is 0 Å². The molecule has 0 bridgehead atoms. The van der Waals surface area contributed by atoms with E-state index in [9.17, 15) is 18.0 Å². The molecule has 0 aromatic heterocycles. The summed E-state index contributed by atoms with van der Waals surface area (Å²) < 4.78 is 47.4. The summed E-state index contributed by atoms with van der Waals surface area (Å²) in [5, 5.41) is 8.79. The van der Waals surface area contributed by atoms with Crippen molar-refractivity contribution in [2.24, 2.45) is 0 Å². The van der Waals surface area contributed by atoms with E-state index in [1.807, 2.05) is 0 Å². The molecule has 1 N–H and O–H groups in total. The van der Waals surface area contributed by atoms with Gasteiger partial charge < -0.3 is 14.6 Å². The molecule has 0 aliphatic carbocycles. The molecule has 0 saturated carbocycles. The van der Waals surface area contributed by atoms with Crippen molar-refractivity contribution >= 4 is 5.78 Å². The fourth-order valence-electron chi connectivity index (χ4n) is 1.97. The number of aliphatic hydroxyl groups is 1. The summed E-state index contributed by atoms with van der Waals surface area (Å²) in [6, 6.07) is 4.45. The highest BCUT2D eigenvalue weighted by Gasteiger charge is 2.31. The van der Waals surface area contributed by atoms with Crippen LogP contribution in [0.4, 0.5) is 13.2 Å². The van der Waals surface area contributed by atoms with Crippen molar-refractivity contribution in [1.29, 1.82) is 0 Å². The number of Topliss-reactive ketones (excluding diaryl/α,β-unsaturated/α-hetero) is 1. The van der Waals surface area contributed by atoms with Gasteiger partial charge in [-0.1, -0.05) is 0 Å². The molecule has 5 nitrogen and oxygen atoms in total. The Morgan fingerprint density at radius 3 is 2.67 bits per heavy atom. The molecule has 8 heteroatoms. The number of alkyl halides is 3. The van der Waals surface area contributed by atoms with Crippen LogP contribution in [0.2, 0.25) is 0 Å². The number of benzene rings is 1. The molecule has 0 amide bonds. The van der Waals surface area contributed by atoms with Crippen molar-refractivity contribution in [3.05, 3.63) is 23.8 Å². The smallest absolute Gasteiger partial charge is 0.401 e. The second-order valence-corrected chi connectivity index (χ2v) is 4.54. The van der Waals surface area contributed by atoms with Gasteiger partial charge in [0.1, 0.15) is 0 Å². The molecule has 0 unspecified atom stereocenters. The lowest BCUT2D eigenvalue weighted by Gasteiger charge is -2.21. The third-order valence-electron chi connectivity index (χ3n) is 2.88. The topological polar surface area (TPSA) is 59.0 Å². The largest absolute Gasteiger partial charge is 0.454 e. The third-order valence-corrected chi connectivity index (χ3v) is 2.88. The molecule has 0 saturated heterocycles. The maximum absolute atomic E-state index is 12.4. The molecule has 21 heavy (non-hydrogen) atoms. The number of carbonyl (C=O) groups is 1. The maximum atomic E-state index is 12.4. The van der Waals surface area contributed by atoms with Crippen molar-refractivity contribution < 1.29 is 32.5 Å². The third kappa shape index (κ3) is 4.33. The average molecular weight is 305 g/mol. The Kier molecular flexibility index (Phi) is 4.69. The van der Waals surface area contributed by atoms with Crippen LogP contribution in [-0.4, -0.2) is 55.0 Å². The number of rotatable bonds is 6. The van der Waals surface area contributed by atoms with Crippen LogP contribution in [0, 0.1) is 0 Å². The highest BCUT2D eigenvalue weighted by molar-refractivity contribution is 5.98. The molecule has 1 heterocycles. The second-order valence-electron chi connectivity index (χ2n) is 4.54.